The summed E-state index contributed by atoms with van der Waals surface area (Å²) in [6.45, 7) is 1.85. The summed E-state index contributed by atoms with van der Waals surface area (Å²) in [5.41, 5.74) is 1.82. The first-order valence-electron chi connectivity index (χ1n) is 5.38. The molecular weight excluding hydrogens is 274 g/mol. The summed E-state index contributed by atoms with van der Waals surface area (Å²) < 4.78 is 13.2. The molecule has 0 saturated carbocycles. The van der Waals surface area contributed by atoms with Crippen LogP contribution in [0.3, 0.4) is 0 Å². The minimum atomic E-state index is -0.994. The Kier molecular flexibility index (Phi) is 3.91. The molecule has 2 rings (SSSR count). The van der Waals surface area contributed by atoms with Gasteiger partial charge in [-0.2, -0.15) is 0 Å². The maximum atomic E-state index is 13.2. The maximum Gasteiger partial charge on any atom is 0.123 e. The summed E-state index contributed by atoms with van der Waals surface area (Å²) in [5.74, 6) is -0.437. The molecule has 0 aliphatic heterocycles. The van der Waals surface area contributed by atoms with Crippen molar-refractivity contribution in [2.45, 2.75) is 13.0 Å². The Balaban J connectivity index is 2.50. The van der Waals surface area contributed by atoms with Gasteiger partial charge in [0.1, 0.15) is 11.9 Å². The molecule has 0 spiro atoms. The van der Waals surface area contributed by atoms with Crippen LogP contribution in [0.15, 0.2) is 36.4 Å². The van der Waals surface area contributed by atoms with Crippen LogP contribution in [0, 0.1) is 12.7 Å². The Bertz CT molecular complexity index is 533. The molecule has 0 bridgehead atoms. The maximum absolute atomic E-state index is 13.2. The number of aryl methyl sites for hydroxylation is 1. The number of aliphatic hydroxyl groups is 1. The molecule has 2 aromatic carbocycles. The fraction of sp³-hybridized carbons (Fsp3) is 0.143. The van der Waals surface area contributed by atoms with E-state index in [2.05, 4.69) is 0 Å². The van der Waals surface area contributed by atoms with Gasteiger partial charge in [0.15, 0.2) is 0 Å². The molecule has 1 unspecified atom stereocenters. The number of hydrogen-bond donors (Lipinski definition) is 1. The number of aliphatic hydroxyl groups excluding tert-OH is 1. The van der Waals surface area contributed by atoms with Gasteiger partial charge in [-0.1, -0.05) is 29.3 Å². The van der Waals surface area contributed by atoms with Crippen molar-refractivity contribution in [3.8, 4) is 0 Å². The van der Waals surface area contributed by atoms with Gasteiger partial charge < -0.3 is 5.11 Å². The standard InChI is InChI=1S/C14H11Cl2FO/c1-8-2-3-9(15)6-11(8)14(18)12-7-10(17)4-5-13(12)16/h2-7,14,18H,1H3. The van der Waals surface area contributed by atoms with Crippen LogP contribution in [-0.4, -0.2) is 5.11 Å². The SMILES string of the molecule is Cc1ccc(Cl)cc1C(O)c1cc(F)ccc1Cl. The lowest BCUT2D eigenvalue weighted by Crippen LogP contribution is -2.03. The minimum absolute atomic E-state index is 0.322. The van der Waals surface area contributed by atoms with Crippen LogP contribution in [-0.2, 0) is 0 Å². The summed E-state index contributed by atoms with van der Waals surface area (Å²) in [5, 5.41) is 11.1. The normalized spacial score (nSPS) is 12.5. The fourth-order valence-electron chi connectivity index (χ4n) is 1.80. The van der Waals surface area contributed by atoms with E-state index in [1.807, 2.05) is 6.92 Å². The molecule has 0 amide bonds. The van der Waals surface area contributed by atoms with Crippen molar-refractivity contribution in [3.63, 3.8) is 0 Å². The first-order valence-corrected chi connectivity index (χ1v) is 6.13. The molecule has 1 atom stereocenters. The third kappa shape index (κ3) is 2.66. The first-order chi connectivity index (χ1) is 8.49. The highest BCUT2D eigenvalue weighted by molar-refractivity contribution is 6.31. The molecule has 0 saturated heterocycles. The molecule has 2 aromatic rings. The summed E-state index contributed by atoms with van der Waals surface area (Å²) in [4.78, 5) is 0. The van der Waals surface area contributed by atoms with E-state index in [0.717, 1.165) is 5.56 Å². The van der Waals surface area contributed by atoms with Crippen molar-refractivity contribution in [2.24, 2.45) is 0 Å². The third-order valence-electron chi connectivity index (χ3n) is 2.79. The second-order valence-electron chi connectivity index (χ2n) is 4.07. The lowest BCUT2D eigenvalue weighted by molar-refractivity contribution is 0.219. The van der Waals surface area contributed by atoms with Gasteiger partial charge in [0.25, 0.3) is 0 Å². The van der Waals surface area contributed by atoms with Crippen LogP contribution < -0.4 is 0 Å². The zero-order chi connectivity index (χ0) is 13.3. The summed E-state index contributed by atoms with van der Waals surface area (Å²) in [7, 11) is 0. The third-order valence-corrected chi connectivity index (χ3v) is 3.37. The second-order valence-corrected chi connectivity index (χ2v) is 4.91. The van der Waals surface area contributed by atoms with E-state index in [-0.39, 0.29) is 0 Å². The lowest BCUT2D eigenvalue weighted by atomic mass is 9.97. The largest absolute Gasteiger partial charge is 0.384 e. The van der Waals surface area contributed by atoms with Crippen molar-refractivity contribution in [2.75, 3.05) is 0 Å². The zero-order valence-electron chi connectivity index (χ0n) is 9.62. The zero-order valence-corrected chi connectivity index (χ0v) is 11.1. The molecule has 1 nitrogen and oxygen atoms in total. The molecule has 0 heterocycles. The van der Waals surface area contributed by atoms with Crippen LogP contribution in [0.1, 0.15) is 22.8 Å². The Morgan fingerprint density at radius 2 is 1.78 bits per heavy atom. The molecule has 18 heavy (non-hydrogen) atoms. The number of halogens is 3. The van der Waals surface area contributed by atoms with Crippen LogP contribution >= 0.6 is 23.2 Å². The molecular formula is C14H11Cl2FO. The van der Waals surface area contributed by atoms with E-state index < -0.39 is 11.9 Å². The quantitative estimate of drug-likeness (QED) is 0.860. The number of hydrogen-bond acceptors (Lipinski definition) is 1. The van der Waals surface area contributed by atoms with Crippen molar-refractivity contribution in [1.82, 2.24) is 0 Å². The first kappa shape index (κ1) is 13.3. The van der Waals surface area contributed by atoms with Gasteiger partial charge in [0.05, 0.1) is 0 Å². The second kappa shape index (κ2) is 5.27. The Labute approximate surface area is 115 Å². The molecule has 0 radical (unpaired) electrons. The predicted molar refractivity (Wildman–Crippen MR) is 71.7 cm³/mol. The molecule has 1 N–H and O–H groups in total. The Morgan fingerprint density at radius 1 is 1.06 bits per heavy atom. The highest BCUT2D eigenvalue weighted by atomic mass is 35.5. The van der Waals surface area contributed by atoms with Gasteiger partial charge in [0, 0.05) is 15.6 Å². The van der Waals surface area contributed by atoms with Gasteiger partial charge >= 0.3 is 0 Å². The topological polar surface area (TPSA) is 20.2 Å². The minimum Gasteiger partial charge on any atom is -0.384 e. The summed E-state index contributed by atoms with van der Waals surface area (Å²) in [6.07, 6.45) is -0.994. The number of benzene rings is 2. The molecule has 4 heteroatoms. The fourth-order valence-corrected chi connectivity index (χ4v) is 2.20. The van der Waals surface area contributed by atoms with Gasteiger partial charge in [-0.15, -0.1) is 0 Å². The van der Waals surface area contributed by atoms with Crippen LogP contribution in [0.25, 0.3) is 0 Å². The average molecular weight is 285 g/mol. The predicted octanol–water partition coefficient (Wildman–Crippen LogP) is 4.52. The van der Waals surface area contributed by atoms with Crippen molar-refractivity contribution >= 4 is 23.2 Å². The van der Waals surface area contributed by atoms with Crippen LogP contribution in [0.5, 0.6) is 0 Å². The molecule has 94 valence electrons. The Hall–Kier alpha value is -1.09. The van der Waals surface area contributed by atoms with E-state index in [4.69, 9.17) is 23.2 Å². The van der Waals surface area contributed by atoms with Gasteiger partial charge in [-0.05, 0) is 48.4 Å². The van der Waals surface area contributed by atoms with Gasteiger partial charge in [-0.25, -0.2) is 4.39 Å². The molecule has 0 aliphatic rings. The van der Waals surface area contributed by atoms with E-state index in [1.165, 1.54) is 18.2 Å². The van der Waals surface area contributed by atoms with Gasteiger partial charge in [-0.3, -0.25) is 0 Å². The molecule has 0 aromatic heterocycles. The van der Waals surface area contributed by atoms with E-state index in [0.29, 0.717) is 21.2 Å². The highest BCUT2D eigenvalue weighted by Gasteiger charge is 2.17. The highest BCUT2D eigenvalue weighted by Crippen LogP contribution is 2.31. The molecule has 0 fully saturated rings. The summed E-state index contributed by atoms with van der Waals surface area (Å²) in [6, 6.07) is 9.10. The summed E-state index contributed by atoms with van der Waals surface area (Å²) >= 11 is 11.9. The van der Waals surface area contributed by atoms with Crippen LogP contribution in [0.2, 0.25) is 10.0 Å². The van der Waals surface area contributed by atoms with Crippen molar-refractivity contribution in [3.05, 3.63) is 69.0 Å². The van der Waals surface area contributed by atoms with Crippen molar-refractivity contribution < 1.29 is 9.50 Å². The van der Waals surface area contributed by atoms with Crippen molar-refractivity contribution in [1.29, 1.82) is 0 Å². The monoisotopic (exact) mass is 284 g/mol. The average Bonchev–Trinajstić information content (AvgIpc) is 2.34. The number of rotatable bonds is 2. The Morgan fingerprint density at radius 3 is 2.50 bits per heavy atom. The smallest absolute Gasteiger partial charge is 0.123 e. The lowest BCUT2D eigenvalue weighted by Gasteiger charge is -2.16. The van der Waals surface area contributed by atoms with E-state index >= 15 is 0 Å². The van der Waals surface area contributed by atoms with E-state index in [1.54, 1.807) is 18.2 Å². The van der Waals surface area contributed by atoms with Gasteiger partial charge in [0.2, 0.25) is 0 Å². The molecule has 0 aliphatic carbocycles. The van der Waals surface area contributed by atoms with E-state index in [9.17, 15) is 9.50 Å². The van der Waals surface area contributed by atoms with Crippen LogP contribution in [0.4, 0.5) is 4.39 Å².